The molecule has 1 rings (SSSR count). The predicted molar refractivity (Wildman–Crippen MR) is 64.8 cm³/mol. The van der Waals surface area contributed by atoms with Crippen molar-refractivity contribution < 1.29 is 9.66 Å². The van der Waals surface area contributed by atoms with Gasteiger partial charge in [-0.3, -0.25) is 10.1 Å². The first-order chi connectivity index (χ1) is 8.19. The zero-order valence-corrected chi connectivity index (χ0v) is 9.60. The molecule has 0 spiro atoms. The van der Waals surface area contributed by atoms with Gasteiger partial charge in [0.05, 0.1) is 11.5 Å². The highest BCUT2D eigenvalue weighted by molar-refractivity contribution is 5.48. The van der Waals surface area contributed by atoms with Gasteiger partial charge in [-0.15, -0.1) is 12.3 Å². The summed E-state index contributed by atoms with van der Waals surface area (Å²) in [5, 5.41) is 13.8. The molecule has 0 atom stereocenters. The Morgan fingerprint density at radius 2 is 2.35 bits per heavy atom. The van der Waals surface area contributed by atoms with Crippen molar-refractivity contribution in [2.45, 2.75) is 13.0 Å². The van der Waals surface area contributed by atoms with Gasteiger partial charge < -0.3 is 10.1 Å². The lowest BCUT2D eigenvalue weighted by Gasteiger charge is -2.06. The maximum Gasteiger partial charge on any atom is 0.311 e. The van der Waals surface area contributed by atoms with E-state index in [0.29, 0.717) is 13.0 Å². The average molecular weight is 234 g/mol. The molecule has 1 aromatic rings. The van der Waals surface area contributed by atoms with Crippen LogP contribution in [0.2, 0.25) is 0 Å². The van der Waals surface area contributed by atoms with Crippen LogP contribution in [-0.2, 0) is 6.54 Å². The average Bonchev–Trinajstić information content (AvgIpc) is 2.31. The number of nitro groups is 1. The van der Waals surface area contributed by atoms with Crippen molar-refractivity contribution in [2.75, 3.05) is 13.7 Å². The number of hydrogen-bond acceptors (Lipinski definition) is 4. The highest BCUT2D eigenvalue weighted by atomic mass is 16.6. The van der Waals surface area contributed by atoms with Gasteiger partial charge >= 0.3 is 5.69 Å². The fraction of sp³-hybridized carbons (Fsp3) is 0.333. The van der Waals surface area contributed by atoms with E-state index in [2.05, 4.69) is 11.2 Å². The summed E-state index contributed by atoms with van der Waals surface area (Å²) in [6, 6.07) is 4.89. The molecule has 0 fully saturated rings. The van der Waals surface area contributed by atoms with Gasteiger partial charge in [-0.05, 0) is 18.7 Å². The minimum Gasteiger partial charge on any atom is -0.486 e. The SMILES string of the molecule is C#CCCOc1ccc(CNC)cc1[N+](=O)[O-]. The van der Waals surface area contributed by atoms with E-state index in [1.54, 1.807) is 19.2 Å². The topological polar surface area (TPSA) is 64.4 Å². The van der Waals surface area contributed by atoms with E-state index >= 15 is 0 Å². The third-order valence-corrected chi connectivity index (χ3v) is 2.10. The molecule has 5 heteroatoms. The van der Waals surface area contributed by atoms with Crippen molar-refractivity contribution in [3.63, 3.8) is 0 Å². The zero-order valence-electron chi connectivity index (χ0n) is 9.60. The second-order valence-electron chi connectivity index (χ2n) is 3.39. The number of hydrogen-bond donors (Lipinski definition) is 1. The maximum atomic E-state index is 10.9. The van der Waals surface area contributed by atoms with Crippen LogP contribution in [0, 0.1) is 22.5 Å². The Balaban J connectivity index is 2.89. The van der Waals surface area contributed by atoms with E-state index in [1.807, 2.05) is 0 Å². The van der Waals surface area contributed by atoms with Gasteiger partial charge in [0.2, 0.25) is 0 Å². The van der Waals surface area contributed by atoms with Crippen LogP contribution in [0.15, 0.2) is 18.2 Å². The number of ether oxygens (including phenoxy) is 1. The molecule has 0 aliphatic rings. The number of nitro benzene ring substituents is 1. The summed E-state index contributed by atoms with van der Waals surface area (Å²) in [6.45, 7) is 0.855. The second-order valence-corrected chi connectivity index (χ2v) is 3.39. The smallest absolute Gasteiger partial charge is 0.311 e. The molecule has 0 saturated carbocycles. The first-order valence-corrected chi connectivity index (χ1v) is 5.17. The van der Waals surface area contributed by atoms with Gasteiger partial charge in [-0.2, -0.15) is 0 Å². The Bertz CT molecular complexity index is 438. The number of benzene rings is 1. The lowest BCUT2D eigenvalue weighted by Crippen LogP contribution is -2.06. The molecule has 0 radical (unpaired) electrons. The molecular weight excluding hydrogens is 220 g/mol. The molecule has 0 saturated heterocycles. The molecule has 1 N–H and O–H groups in total. The number of rotatable bonds is 6. The van der Waals surface area contributed by atoms with Crippen molar-refractivity contribution in [3.8, 4) is 18.1 Å². The Labute approximate surface area is 99.9 Å². The highest BCUT2D eigenvalue weighted by Crippen LogP contribution is 2.28. The Morgan fingerprint density at radius 1 is 1.59 bits per heavy atom. The van der Waals surface area contributed by atoms with Crippen LogP contribution in [0.4, 0.5) is 5.69 Å². The summed E-state index contributed by atoms with van der Waals surface area (Å²) >= 11 is 0. The van der Waals surface area contributed by atoms with Crippen molar-refractivity contribution in [1.29, 1.82) is 0 Å². The Morgan fingerprint density at radius 3 is 2.94 bits per heavy atom. The predicted octanol–water partition coefficient (Wildman–Crippen LogP) is 1.72. The monoisotopic (exact) mass is 234 g/mol. The van der Waals surface area contributed by atoms with Crippen molar-refractivity contribution in [2.24, 2.45) is 0 Å². The molecule has 0 heterocycles. The van der Waals surface area contributed by atoms with Gasteiger partial charge in [0.1, 0.15) is 0 Å². The van der Waals surface area contributed by atoms with Crippen LogP contribution < -0.4 is 10.1 Å². The molecular formula is C12H14N2O3. The molecule has 0 amide bonds. The first kappa shape index (κ1) is 13.0. The van der Waals surface area contributed by atoms with Gasteiger partial charge in [-0.25, -0.2) is 0 Å². The van der Waals surface area contributed by atoms with Crippen molar-refractivity contribution >= 4 is 5.69 Å². The molecule has 5 nitrogen and oxygen atoms in total. The first-order valence-electron chi connectivity index (χ1n) is 5.17. The number of nitrogens with one attached hydrogen (secondary N) is 1. The van der Waals surface area contributed by atoms with E-state index in [0.717, 1.165) is 5.56 Å². The summed E-state index contributed by atoms with van der Waals surface area (Å²) in [5.74, 6) is 2.67. The van der Waals surface area contributed by atoms with Crippen LogP contribution in [0.5, 0.6) is 5.75 Å². The standard InChI is InChI=1S/C12H14N2O3/c1-3-4-7-17-12-6-5-10(9-13-2)8-11(12)14(15)16/h1,5-6,8,13H,4,7,9H2,2H3. The van der Waals surface area contributed by atoms with Gasteiger partial charge in [-0.1, -0.05) is 6.07 Å². The third-order valence-electron chi connectivity index (χ3n) is 2.10. The molecule has 0 aliphatic carbocycles. The van der Waals surface area contributed by atoms with Crippen LogP contribution in [-0.4, -0.2) is 18.6 Å². The highest BCUT2D eigenvalue weighted by Gasteiger charge is 2.15. The van der Waals surface area contributed by atoms with Crippen molar-refractivity contribution in [1.82, 2.24) is 5.32 Å². The van der Waals surface area contributed by atoms with Gasteiger partial charge in [0.25, 0.3) is 0 Å². The van der Waals surface area contributed by atoms with Gasteiger partial charge in [0, 0.05) is 19.0 Å². The molecule has 1 aromatic carbocycles. The zero-order chi connectivity index (χ0) is 12.7. The quantitative estimate of drug-likeness (QED) is 0.352. The van der Waals surface area contributed by atoms with Crippen molar-refractivity contribution in [3.05, 3.63) is 33.9 Å². The van der Waals surface area contributed by atoms with E-state index in [4.69, 9.17) is 11.2 Å². The molecule has 90 valence electrons. The molecule has 0 aliphatic heterocycles. The largest absolute Gasteiger partial charge is 0.486 e. The minimum atomic E-state index is -0.454. The second kappa shape index (κ2) is 6.51. The summed E-state index contributed by atoms with van der Waals surface area (Å²) in [5.41, 5.74) is 0.804. The van der Waals surface area contributed by atoms with E-state index in [-0.39, 0.29) is 18.0 Å². The fourth-order valence-electron chi connectivity index (χ4n) is 1.36. The van der Waals surface area contributed by atoms with Crippen LogP contribution in [0.3, 0.4) is 0 Å². The summed E-state index contributed by atoms with van der Waals surface area (Å²) in [4.78, 5) is 10.4. The minimum absolute atomic E-state index is 0.0326. The molecule has 0 aromatic heterocycles. The molecule has 0 bridgehead atoms. The molecule has 0 unspecified atom stereocenters. The summed E-state index contributed by atoms with van der Waals surface area (Å²) < 4.78 is 5.27. The summed E-state index contributed by atoms with van der Waals surface area (Å²) in [6.07, 6.45) is 5.51. The molecule has 17 heavy (non-hydrogen) atoms. The van der Waals surface area contributed by atoms with Crippen LogP contribution >= 0.6 is 0 Å². The van der Waals surface area contributed by atoms with E-state index in [1.165, 1.54) is 6.07 Å². The number of terminal acetylenes is 1. The van der Waals surface area contributed by atoms with Crippen LogP contribution in [0.1, 0.15) is 12.0 Å². The van der Waals surface area contributed by atoms with E-state index < -0.39 is 4.92 Å². The van der Waals surface area contributed by atoms with Gasteiger partial charge in [0.15, 0.2) is 5.75 Å². The lowest BCUT2D eigenvalue weighted by atomic mass is 10.2. The Hall–Kier alpha value is -2.06. The van der Waals surface area contributed by atoms with Crippen LogP contribution in [0.25, 0.3) is 0 Å². The fourth-order valence-corrected chi connectivity index (χ4v) is 1.36. The van der Waals surface area contributed by atoms with E-state index in [9.17, 15) is 10.1 Å². The normalized spacial score (nSPS) is 9.65. The lowest BCUT2D eigenvalue weighted by molar-refractivity contribution is -0.385. The maximum absolute atomic E-state index is 10.9. The third kappa shape index (κ3) is 3.78. The Kier molecular flexibility index (Phi) is 4.98. The summed E-state index contributed by atoms with van der Waals surface area (Å²) in [7, 11) is 1.78. The number of nitrogens with zero attached hydrogens (tertiary/aromatic N) is 1.